The molecule has 16 heavy (non-hydrogen) atoms. The van der Waals surface area contributed by atoms with Gasteiger partial charge in [0.25, 0.3) is 5.92 Å². The van der Waals surface area contributed by atoms with Gasteiger partial charge in [0.05, 0.1) is 13.2 Å². The Morgan fingerprint density at radius 3 is 2.00 bits per heavy atom. The molecule has 1 rings (SSSR count). The third kappa shape index (κ3) is 2.16. The summed E-state index contributed by atoms with van der Waals surface area (Å²) in [5, 5.41) is 0. The van der Waals surface area contributed by atoms with Crippen LogP contribution in [0.3, 0.4) is 0 Å². The average Bonchev–Trinajstić information content (AvgIpc) is 2.16. The van der Waals surface area contributed by atoms with E-state index in [2.05, 4.69) is 0 Å². The van der Waals surface area contributed by atoms with Crippen LogP contribution in [-0.4, -0.2) is 13.2 Å². The summed E-state index contributed by atoms with van der Waals surface area (Å²) in [6.45, 7) is 4.79. The molecule has 0 saturated heterocycles. The largest absolute Gasteiger partial charge is 0.496 e. The van der Waals surface area contributed by atoms with Crippen molar-refractivity contribution in [3.63, 3.8) is 0 Å². The number of halogens is 2. The van der Waals surface area contributed by atoms with Gasteiger partial charge in [0.1, 0.15) is 5.75 Å². The fourth-order valence-electron chi connectivity index (χ4n) is 1.73. The number of hydrogen-bond donors (Lipinski definition) is 1. The van der Waals surface area contributed by atoms with Crippen LogP contribution in [0.5, 0.6) is 5.75 Å². The summed E-state index contributed by atoms with van der Waals surface area (Å²) in [7, 11) is 1.53. The molecule has 90 valence electrons. The van der Waals surface area contributed by atoms with Crippen LogP contribution in [-0.2, 0) is 5.92 Å². The van der Waals surface area contributed by atoms with Crippen molar-refractivity contribution < 1.29 is 13.5 Å². The molecule has 0 aliphatic carbocycles. The maximum Gasteiger partial charge on any atom is 0.287 e. The summed E-state index contributed by atoms with van der Waals surface area (Å²) in [5.74, 6) is -2.37. The van der Waals surface area contributed by atoms with Gasteiger partial charge in [0.15, 0.2) is 0 Å². The Morgan fingerprint density at radius 2 is 1.69 bits per heavy atom. The standard InChI is InChI=1S/C12H17F2NO/c1-7-5-10(12(13,14)9(3)15)6-8(2)11(7)16-4/h5-6,9H,15H2,1-4H3. The van der Waals surface area contributed by atoms with Crippen LogP contribution >= 0.6 is 0 Å². The van der Waals surface area contributed by atoms with E-state index < -0.39 is 12.0 Å². The van der Waals surface area contributed by atoms with Crippen molar-refractivity contribution in [1.82, 2.24) is 0 Å². The van der Waals surface area contributed by atoms with E-state index in [4.69, 9.17) is 10.5 Å². The molecule has 4 heteroatoms. The summed E-state index contributed by atoms with van der Waals surface area (Å²) in [6, 6.07) is 1.64. The molecule has 0 heterocycles. The lowest BCUT2D eigenvalue weighted by molar-refractivity contribution is -0.0257. The topological polar surface area (TPSA) is 35.2 Å². The van der Waals surface area contributed by atoms with Crippen molar-refractivity contribution in [2.45, 2.75) is 32.7 Å². The van der Waals surface area contributed by atoms with Gasteiger partial charge in [-0.2, -0.15) is 8.78 Å². The molecular formula is C12H17F2NO. The Morgan fingerprint density at radius 1 is 1.25 bits per heavy atom. The van der Waals surface area contributed by atoms with Gasteiger partial charge in [0.2, 0.25) is 0 Å². The van der Waals surface area contributed by atoms with Crippen LogP contribution in [0, 0.1) is 13.8 Å². The molecule has 0 fully saturated rings. The third-order valence-electron chi connectivity index (χ3n) is 2.62. The second kappa shape index (κ2) is 4.37. The van der Waals surface area contributed by atoms with Crippen molar-refractivity contribution in [2.24, 2.45) is 5.73 Å². The lowest BCUT2D eigenvalue weighted by Gasteiger charge is -2.22. The Bertz CT molecular complexity index is 366. The molecule has 0 aliphatic heterocycles. The molecule has 1 unspecified atom stereocenters. The highest BCUT2D eigenvalue weighted by atomic mass is 19.3. The fourth-order valence-corrected chi connectivity index (χ4v) is 1.73. The molecule has 0 aliphatic rings. The third-order valence-corrected chi connectivity index (χ3v) is 2.62. The maximum absolute atomic E-state index is 13.7. The number of ether oxygens (including phenoxy) is 1. The van der Waals surface area contributed by atoms with Gasteiger partial charge in [-0.3, -0.25) is 0 Å². The Hall–Kier alpha value is -1.16. The van der Waals surface area contributed by atoms with Gasteiger partial charge in [-0.25, -0.2) is 0 Å². The van der Waals surface area contributed by atoms with E-state index in [1.165, 1.54) is 26.2 Å². The van der Waals surface area contributed by atoms with Crippen LogP contribution in [0.4, 0.5) is 8.78 Å². The molecule has 0 spiro atoms. The van der Waals surface area contributed by atoms with Crippen molar-refractivity contribution in [3.05, 3.63) is 28.8 Å². The lowest BCUT2D eigenvalue weighted by Crippen LogP contribution is -2.35. The average molecular weight is 229 g/mol. The zero-order chi connectivity index (χ0) is 12.5. The van der Waals surface area contributed by atoms with Crippen LogP contribution in [0.2, 0.25) is 0 Å². The first-order valence-electron chi connectivity index (χ1n) is 5.09. The van der Waals surface area contributed by atoms with E-state index in [1.54, 1.807) is 13.8 Å². The van der Waals surface area contributed by atoms with E-state index in [9.17, 15) is 8.78 Å². The molecule has 0 amide bonds. The molecule has 0 bridgehead atoms. The van der Waals surface area contributed by atoms with E-state index in [0.717, 1.165) is 0 Å². The van der Waals surface area contributed by atoms with Gasteiger partial charge in [-0.15, -0.1) is 0 Å². The smallest absolute Gasteiger partial charge is 0.287 e. The molecule has 1 aromatic rings. The van der Waals surface area contributed by atoms with Crippen LogP contribution in [0.25, 0.3) is 0 Å². The minimum atomic E-state index is -3.01. The minimum absolute atomic E-state index is 0.0571. The number of hydrogen-bond acceptors (Lipinski definition) is 2. The molecule has 2 nitrogen and oxygen atoms in total. The highest BCUT2D eigenvalue weighted by Gasteiger charge is 2.36. The van der Waals surface area contributed by atoms with E-state index in [1.807, 2.05) is 0 Å². The zero-order valence-corrected chi connectivity index (χ0v) is 9.97. The molecular weight excluding hydrogens is 212 g/mol. The summed E-state index contributed by atoms with van der Waals surface area (Å²) in [4.78, 5) is 0. The van der Waals surface area contributed by atoms with Gasteiger partial charge in [-0.05, 0) is 44.0 Å². The Kier molecular flexibility index (Phi) is 3.53. The second-order valence-corrected chi connectivity index (χ2v) is 4.05. The Labute approximate surface area is 94.4 Å². The SMILES string of the molecule is COc1c(C)cc(C(F)(F)C(C)N)cc1C. The van der Waals surface area contributed by atoms with Gasteiger partial charge < -0.3 is 10.5 Å². The molecule has 0 radical (unpaired) electrons. The first-order valence-corrected chi connectivity index (χ1v) is 5.09. The first-order chi connectivity index (χ1) is 7.30. The van der Waals surface area contributed by atoms with Crippen molar-refractivity contribution >= 4 is 0 Å². The van der Waals surface area contributed by atoms with Gasteiger partial charge in [-0.1, -0.05) is 0 Å². The minimum Gasteiger partial charge on any atom is -0.496 e. The summed E-state index contributed by atoms with van der Waals surface area (Å²) < 4.78 is 32.5. The van der Waals surface area contributed by atoms with Crippen molar-refractivity contribution in [3.8, 4) is 5.75 Å². The number of methoxy groups -OCH3 is 1. The fraction of sp³-hybridized carbons (Fsp3) is 0.500. The monoisotopic (exact) mass is 229 g/mol. The number of rotatable bonds is 3. The molecule has 2 N–H and O–H groups in total. The number of nitrogens with two attached hydrogens (primary N) is 1. The van der Waals surface area contributed by atoms with Crippen molar-refractivity contribution in [1.29, 1.82) is 0 Å². The molecule has 1 atom stereocenters. The molecule has 0 aromatic heterocycles. The van der Waals surface area contributed by atoms with Crippen LogP contribution in [0.1, 0.15) is 23.6 Å². The summed E-state index contributed by atoms with van der Waals surface area (Å²) in [6.07, 6.45) is 0. The van der Waals surface area contributed by atoms with Crippen molar-refractivity contribution in [2.75, 3.05) is 7.11 Å². The predicted molar refractivity (Wildman–Crippen MR) is 60.0 cm³/mol. The second-order valence-electron chi connectivity index (χ2n) is 4.05. The highest BCUT2D eigenvalue weighted by Crippen LogP contribution is 2.35. The number of aryl methyl sites for hydroxylation is 2. The van der Waals surface area contributed by atoms with Gasteiger partial charge in [0, 0.05) is 5.56 Å². The summed E-state index contributed by atoms with van der Waals surface area (Å²) in [5.41, 5.74) is 6.62. The first kappa shape index (κ1) is 12.9. The predicted octanol–water partition coefficient (Wildman–Crippen LogP) is 2.75. The Balaban J connectivity index is 3.29. The molecule has 0 saturated carbocycles. The maximum atomic E-state index is 13.7. The van der Waals surface area contributed by atoms with E-state index >= 15 is 0 Å². The zero-order valence-electron chi connectivity index (χ0n) is 9.97. The lowest BCUT2D eigenvalue weighted by atomic mass is 9.97. The van der Waals surface area contributed by atoms with Crippen LogP contribution in [0.15, 0.2) is 12.1 Å². The van der Waals surface area contributed by atoms with E-state index in [0.29, 0.717) is 16.9 Å². The van der Waals surface area contributed by atoms with E-state index in [-0.39, 0.29) is 5.56 Å². The highest BCUT2D eigenvalue weighted by molar-refractivity contribution is 5.44. The normalized spacial score (nSPS) is 13.7. The number of benzene rings is 1. The quantitative estimate of drug-likeness (QED) is 0.865. The van der Waals surface area contributed by atoms with Crippen LogP contribution < -0.4 is 10.5 Å². The summed E-state index contributed by atoms with van der Waals surface area (Å²) >= 11 is 0. The molecule has 1 aromatic carbocycles. The van der Waals surface area contributed by atoms with Gasteiger partial charge >= 0.3 is 0 Å². The number of alkyl halides is 2.